The van der Waals surface area contributed by atoms with Crippen molar-refractivity contribution in [1.29, 1.82) is 0 Å². The summed E-state index contributed by atoms with van der Waals surface area (Å²) in [5.74, 6) is 0.746. The third-order valence-electron chi connectivity index (χ3n) is 2.14. The zero-order valence-corrected chi connectivity index (χ0v) is 7.23. The molecule has 1 unspecified atom stereocenters. The largest absolute Gasteiger partial charge is 0.241 e. The van der Waals surface area contributed by atoms with Crippen molar-refractivity contribution in [3.63, 3.8) is 0 Å². The van der Waals surface area contributed by atoms with Gasteiger partial charge in [-0.05, 0) is 30.4 Å². The van der Waals surface area contributed by atoms with Crippen LogP contribution in [0.2, 0.25) is 5.15 Å². The molecule has 0 aromatic carbocycles. The Hall–Kier alpha value is -0.560. The number of halogens is 1. The fourth-order valence-electron chi connectivity index (χ4n) is 1.64. The summed E-state index contributed by atoms with van der Waals surface area (Å²) in [6.45, 7) is 2.25. The molecular formula is C9H10ClN. The number of nitrogens with zero attached hydrogens (tertiary/aromatic N) is 1. The Morgan fingerprint density at radius 3 is 3.09 bits per heavy atom. The molecule has 0 spiro atoms. The Bertz CT molecular complexity index is 283. The van der Waals surface area contributed by atoms with E-state index in [0.29, 0.717) is 5.15 Å². The molecule has 1 aromatic rings. The molecule has 0 amide bonds. The molecule has 58 valence electrons. The van der Waals surface area contributed by atoms with E-state index in [0.717, 1.165) is 12.3 Å². The molecular weight excluding hydrogens is 158 g/mol. The van der Waals surface area contributed by atoms with Gasteiger partial charge in [-0.2, -0.15) is 0 Å². The van der Waals surface area contributed by atoms with Crippen molar-refractivity contribution in [2.45, 2.75) is 19.8 Å². The van der Waals surface area contributed by atoms with Crippen LogP contribution < -0.4 is 0 Å². The lowest BCUT2D eigenvalue weighted by molar-refractivity contribution is 0.624. The van der Waals surface area contributed by atoms with Crippen molar-refractivity contribution in [3.8, 4) is 0 Å². The maximum absolute atomic E-state index is 5.76. The minimum Gasteiger partial charge on any atom is -0.241 e. The third-order valence-corrected chi connectivity index (χ3v) is 2.36. The van der Waals surface area contributed by atoms with Crippen LogP contribution in [0.5, 0.6) is 0 Å². The first-order valence-electron chi connectivity index (χ1n) is 3.90. The van der Waals surface area contributed by atoms with Gasteiger partial charge in [-0.3, -0.25) is 0 Å². The van der Waals surface area contributed by atoms with Gasteiger partial charge in [0.05, 0.1) is 0 Å². The molecule has 2 rings (SSSR count). The van der Waals surface area contributed by atoms with E-state index in [4.69, 9.17) is 11.6 Å². The normalized spacial score (nSPS) is 21.8. The number of hydrogen-bond acceptors (Lipinski definition) is 1. The lowest BCUT2D eigenvalue weighted by atomic mass is 10.1. The van der Waals surface area contributed by atoms with Crippen LogP contribution in [0, 0.1) is 5.92 Å². The smallest absolute Gasteiger partial charge is 0.129 e. The summed E-state index contributed by atoms with van der Waals surface area (Å²) >= 11 is 5.76. The molecule has 0 aliphatic heterocycles. The average molecular weight is 168 g/mol. The van der Waals surface area contributed by atoms with Crippen LogP contribution in [0.15, 0.2) is 12.1 Å². The summed E-state index contributed by atoms with van der Waals surface area (Å²) in [5, 5.41) is 0.623. The molecule has 1 aliphatic carbocycles. The molecule has 0 bridgehead atoms. The van der Waals surface area contributed by atoms with Gasteiger partial charge in [0.25, 0.3) is 0 Å². The highest BCUT2D eigenvalue weighted by molar-refractivity contribution is 6.29. The van der Waals surface area contributed by atoms with Crippen LogP contribution in [-0.2, 0) is 12.8 Å². The molecule has 2 heteroatoms. The van der Waals surface area contributed by atoms with Gasteiger partial charge in [-0.15, -0.1) is 0 Å². The summed E-state index contributed by atoms with van der Waals surface area (Å²) < 4.78 is 0. The number of hydrogen-bond donors (Lipinski definition) is 0. The topological polar surface area (TPSA) is 12.9 Å². The molecule has 0 N–H and O–H groups in total. The minimum atomic E-state index is 0.623. The molecule has 1 aromatic heterocycles. The van der Waals surface area contributed by atoms with Gasteiger partial charge in [-0.1, -0.05) is 24.6 Å². The van der Waals surface area contributed by atoms with Crippen molar-refractivity contribution < 1.29 is 0 Å². The van der Waals surface area contributed by atoms with Gasteiger partial charge in [0.2, 0.25) is 0 Å². The summed E-state index contributed by atoms with van der Waals surface area (Å²) in [7, 11) is 0. The van der Waals surface area contributed by atoms with Crippen LogP contribution in [0.1, 0.15) is 18.2 Å². The second-order valence-corrected chi connectivity index (χ2v) is 3.64. The van der Waals surface area contributed by atoms with Gasteiger partial charge in [0.15, 0.2) is 0 Å². The monoisotopic (exact) mass is 167 g/mol. The highest BCUT2D eigenvalue weighted by Crippen LogP contribution is 2.25. The average Bonchev–Trinajstić information content (AvgIpc) is 2.27. The number of rotatable bonds is 0. The molecule has 0 saturated carbocycles. The van der Waals surface area contributed by atoms with E-state index >= 15 is 0 Å². The predicted octanol–water partition coefficient (Wildman–Crippen LogP) is 2.47. The van der Waals surface area contributed by atoms with Gasteiger partial charge in [0, 0.05) is 5.69 Å². The standard InChI is InChI=1S/C9H10ClN/c1-6-4-7-2-3-9(10)11-8(7)5-6/h2-3,6H,4-5H2,1H3. The van der Waals surface area contributed by atoms with Crippen LogP contribution in [-0.4, -0.2) is 4.98 Å². The van der Waals surface area contributed by atoms with E-state index in [2.05, 4.69) is 18.0 Å². The van der Waals surface area contributed by atoms with E-state index in [1.54, 1.807) is 0 Å². The zero-order chi connectivity index (χ0) is 7.84. The molecule has 11 heavy (non-hydrogen) atoms. The first kappa shape index (κ1) is 7.11. The van der Waals surface area contributed by atoms with E-state index in [-0.39, 0.29) is 0 Å². The first-order valence-corrected chi connectivity index (χ1v) is 4.28. The number of aromatic nitrogens is 1. The third kappa shape index (κ3) is 1.25. The molecule has 0 saturated heterocycles. The lowest BCUT2D eigenvalue weighted by Gasteiger charge is -1.95. The fraction of sp³-hybridized carbons (Fsp3) is 0.444. The van der Waals surface area contributed by atoms with E-state index in [1.165, 1.54) is 17.7 Å². The molecule has 0 fully saturated rings. The Kier molecular flexibility index (Phi) is 1.61. The lowest BCUT2D eigenvalue weighted by Crippen LogP contribution is -1.90. The van der Waals surface area contributed by atoms with E-state index in [1.807, 2.05) is 6.07 Å². The van der Waals surface area contributed by atoms with Gasteiger partial charge in [0.1, 0.15) is 5.15 Å². The molecule has 1 nitrogen and oxygen atoms in total. The number of fused-ring (bicyclic) bond motifs is 1. The Morgan fingerprint density at radius 1 is 1.45 bits per heavy atom. The van der Waals surface area contributed by atoms with Crippen molar-refractivity contribution in [2.24, 2.45) is 5.92 Å². The predicted molar refractivity (Wildman–Crippen MR) is 45.8 cm³/mol. The highest BCUT2D eigenvalue weighted by Gasteiger charge is 2.18. The molecule has 1 aliphatic rings. The second-order valence-electron chi connectivity index (χ2n) is 3.25. The SMILES string of the molecule is CC1Cc2ccc(Cl)nc2C1. The van der Waals surface area contributed by atoms with Crippen molar-refractivity contribution in [2.75, 3.05) is 0 Å². The second kappa shape index (κ2) is 2.49. The number of pyridine rings is 1. The highest BCUT2D eigenvalue weighted by atomic mass is 35.5. The Morgan fingerprint density at radius 2 is 2.27 bits per heavy atom. The van der Waals surface area contributed by atoms with Gasteiger partial charge < -0.3 is 0 Å². The summed E-state index contributed by atoms with van der Waals surface area (Å²) in [6.07, 6.45) is 2.26. The molecule has 1 atom stereocenters. The van der Waals surface area contributed by atoms with Crippen LogP contribution >= 0.6 is 11.6 Å². The summed E-state index contributed by atoms with van der Waals surface area (Å²) in [5.41, 5.74) is 2.58. The van der Waals surface area contributed by atoms with Crippen LogP contribution in [0.3, 0.4) is 0 Å². The van der Waals surface area contributed by atoms with Crippen LogP contribution in [0.4, 0.5) is 0 Å². The Labute approximate surface area is 71.4 Å². The summed E-state index contributed by atoms with van der Waals surface area (Å²) in [4.78, 5) is 4.27. The van der Waals surface area contributed by atoms with E-state index < -0.39 is 0 Å². The van der Waals surface area contributed by atoms with Crippen molar-refractivity contribution >= 4 is 11.6 Å². The van der Waals surface area contributed by atoms with Gasteiger partial charge >= 0.3 is 0 Å². The quantitative estimate of drug-likeness (QED) is 0.541. The first-order chi connectivity index (χ1) is 5.25. The molecule has 1 heterocycles. The molecule has 0 radical (unpaired) electrons. The van der Waals surface area contributed by atoms with Crippen molar-refractivity contribution in [1.82, 2.24) is 4.98 Å². The summed E-state index contributed by atoms with van der Waals surface area (Å²) in [6, 6.07) is 3.96. The van der Waals surface area contributed by atoms with E-state index in [9.17, 15) is 0 Å². The van der Waals surface area contributed by atoms with Gasteiger partial charge in [-0.25, -0.2) is 4.98 Å². The maximum atomic E-state index is 5.76. The minimum absolute atomic E-state index is 0.623. The van der Waals surface area contributed by atoms with Crippen LogP contribution in [0.25, 0.3) is 0 Å². The van der Waals surface area contributed by atoms with Crippen molar-refractivity contribution in [3.05, 3.63) is 28.5 Å². The fourth-order valence-corrected chi connectivity index (χ4v) is 1.81. The maximum Gasteiger partial charge on any atom is 0.129 e. The Balaban J connectivity index is 2.43. The zero-order valence-electron chi connectivity index (χ0n) is 6.47.